The number of hydrogen-bond acceptors (Lipinski definition) is 3. The maximum atomic E-state index is 11.9. The van der Waals surface area contributed by atoms with Gasteiger partial charge in [0.2, 0.25) is 0 Å². The van der Waals surface area contributed by atoms with Gasteiger partial charge in [-0.15, -0.1) is 0 Å². The molecule has 1 aliphatic rings. The Morgan fingerprint density at radius 3 is 2.89 bits per heavy atom. The molecule has 1 aliphatic heterocycles. The van der Waals surface area contributed by atoms with Gasteiger partial charge in [0.1, 0.15) is 12.4 Å². The number of aliphatic hydroxyl groups excluding tert-OH is 1. The van der Waals surface area contributed by atoms with Gasteiger partial charge < -0.3 is 15.2 Å². The van der Waals surface area contributed by atoms with Crippen molar-refractivity contribution in [2.24, 2.45) is 5.41 Å². The van der Waals surface area contributed by atoms with Crippen LogP contribution in [-0.4, -0.2) is 24.2 Å². The van der Waals surface area contributed by atoms with E-state index in [2.05, 4.69) is 5.32 Å². The summed E-state index contributed by atoms with van der Waals surface area (Å²) in [6.07, 6.45) is 0.257. The Kier molecular flexibility index (Phi) is 3.80. The number of amides is 1. The quantitative estimate of drug-likeness (QED) is 0.879. The summed E-state index contributed by atoms with van der Waals surface area (Å²) in [4.78, 5) is 11.9. The smallest absolute Gasteiger partial charge is 0.255 e. The third-order valence-electron chi connectivity index (χ3n) is 3.86. The van der Waals surface area contributed by atoms with Gasteiger partial charge in [-0.3, -0.25) is 4.79 Å². The summed E-state index contributed by atoms with van der Waals surface area (Å²) in [6.45, 7) is 7.05. The highest BCUT2D eigenvalue weighted by molar-refractivity contribution is 5.97. The van der Waals surface area contributed by atoms with Crippen molar-refractivity contribution < 1.29 is 14.6 Å². The van der Waals surface area contributed by atoms with Crippen LogP contribution in [0.4, 0.5) is 0 Å². The lowest BCUT2D eigenvalue weighted by molar-refractivity contribution is 0.0464. The van der Waals surface area contributed by atoms with Gasteiger partial charge in [-0.1, -0.05) is 26.8 Å². The number of rotatable bonds is 3. The molecule has 1 unspecified atom stereocenters. The zero-order chi connectivity index (χ0) is 14.0. The van der Waals surface area contributed by atoms with Crippen molar-refractivity contribution in [1.29, 1.82) is 0 Å². The predicted molar refractivity (Wildman–Crippen MR) is 73.3 cm³/mol. The summed E-state index contributed by atoms with van der Waals surface area (Å²) in [5.41, 5.74) is 1.03. The molecule has 1 heterocycles. The summed E-state index contributed by atoms with van der Waals surface area (Å²) < 4.78 is 5.50. The fourth-order valence-electron chi connectivity index (χ4n) is 2.09. The molecule has 0 bridgehead atoms. The van der Waals surface area contributed by atoms with Crippen LogP contribution in [0, 0.1) is 5.41 Å². The van der Waals surface area contributed by atoms with E-state index in [1.165, 1.54) is 0 Å². The van der Waals surface area contributed by atoms with E-state index in [1.807, 2.05) is 26.8 Å². The van der Waals surface area contributed by atoms with Gasteiger partial charge >= 0.3 is 0 Å². The Labute approximate surface area is 113 Å². The molecule has 0 aromatic heterocycles. The molecular formula is C15H21NO3. The van der Waals surface area contributed by atoms with E-state index in [-0.39, 0.29) is 11.3 Å². The Morgan fingerprint density at radius 2 is 2.21 bits per heavy atom. The predicted octanol–water partition coefficient (Wildman–Crippen LogP) is 2.28. The van der Waals surface area contributed by atoms with Crippen molar-refractivity contribution in [2.45, 2.75) is 33.3 Å². The molecule has 4 nitrogen and oxygen atoms in total. The van der Waals surface area contributed by atoms with E-state index in [9.17, 15) is 9.90 Å². The number of benzene rings is 1. The van der Waals surface area contributed by atoms with Gasteiger partial charge in [-0.25, -0.2) is 0 Å². The minimum atomic E-state index is -0.598. The standard InChI is InChI=1S/C15H21NO3/c1-4-15(2,3)13(17)10-5-6-12-11(9-10)14(18)16-7-8-19-12/h5-6,9,13,17H,4,7-8H2,1-3H3,(H,16,18). The summed E-state index contributed by atoms with van der Waals surface area (Å²) in [6, 6.07) is 5.34. The third kappa shape index (κ3) is 2.73. The lowest BCUT2D eigenvalue weighted by atomic mass is 9.80. The molecule has 4 heteroatoms. The fourth-order valence-corrected chi connectivity index (χ4v) is 2.09. The third-order valence-corrected chi connectivity index (χ3v) is 3.86. The lowest BCUT2D eigenvalue weighted by Gasteiger charge is -2.29. The second-order valence-corrected chi connectivity index (χ2v) is 5.60. The van der Waals surface area contributed by atoms with Crippen LogP contribution in [0.3, 0.4) is 0 Å². The first-order valence-electron chi connectivity index (χ1n) is 6.68. The maximum absolute atomic E-state index is 11.9. The van der Waals surface area contributed by atoms with Crippen molar-refractivity contribution in [2.75, 3.05) is 13.2 Å². The zero-order valence-corrected chi connectivity index (χ0v) is 11.7. The summed E-state index contributed by atoms with van der Waals surface area (Å²) in [7, 11) is 0. The van der Waals surface area contributed by atoms with Crippen LogP contribution in [0.2, 0.25) is 0 Å². The van der Waals surface area contributed by atoms with Gasteiger partial charge in [-0.05, 0) is 29.5 Å². The Bertz CT molecular complexity index is 482. The number of aliphatic hydroxyl groups is 1. The largest absolute Gasteiger partial charge is 0.491 e. The normalized spacial score (nSPS) is 16.9. The number of carbonyl (C=O) groups is 1. The highest BCUT2D eigenvalue weighted by Crippen LogP contribution is 2.37. The van der Waals surface area contributed by atoms with Crippen molar-refractivity contribution in [1.82, 2.24) is 5.32 Å². The molecule has 2 N–H and O–H groups in total. The molecule has 2 rings (SSSR count). The van der Waals surface area contributed by atoms with Gasteiger partial charge in [0.05, 0.1) is 18.2 Å². The van der Waals surface area contributed by atoms with Gasteiger partial charge in [0.25, 0.3) is 5.91 Å². The number of fused-ring (bicyclic) bond motifs is 1. The van der Waals surface area contributed by atoms with Crippen LogP contribution in [0.5, 0.6) is 5.75 Å². The molecule has 0 radical (unpaired) electrons. The number of nitrogens with one attached hydrogen (secondary N) is 1. The molecule has 1 aromatic carbocycles. The minimum absolute atomic E-state index is 0.143. The van der Waals surface area contributed by atoms with Crippen LogP contribution < -0.4 is 10.1 Å². The first kappa shape index (κ1) is 13.9. The average Bonchev–Trinajstić information content (AvgIpc) is 2.59. The molecular weight excluding hydrogens is 242 g/mol. The first-order valence-corrected chi connectivity index (χ1v) is 6.68. The van der Waals surface area contributed by atoms with Gasteiger partial charge in [-0.2, -0.15) is 0 Å². The second kappa shape index (κ2) is 5.21. The highest BCUT2D eigenvalue weighted by Gasteiger charge is 2.28. The van der Waals surface area contributed by atoms with E-state index in [4.69, 9.17) is 4.74 Å². The number of carbonyl (C=O) groups excluding carboxylic acids is 1. The van der Waals surface area contributed by atoms with Crippen molar-refractivity contribution in [3.63, 3.8) is 0 Å². The molecule has 0 saturated carbocycles. The van der Waals surface area contributed by atoms with Gasteiger partial charge in [0.15, 0.2) is 0 Å². The van der Waals surface area contributed by atoms with E-state index in [1.54, 1.807) is 12.1 Å². The second-order valence-electron chi connectivity index (χ2n) is 5.60. The molecule has 19 heavy (non-hydrogen) atoms. The molecule has 0 fully saturated rings. The van der Waals surface area contributed by atoms with Crippen LogP contribution in [-0.2, 0) is 0 Å². The first-order chi connectivity index (χ1) is 8.95. The van der Waals surface area contributed by atoms with E-state index < -0.39 is 6.10 Å². The molecule has 1 atom stereocenters. The zero-order valence-electron chi connectivity index (χ0n) is 11.7. The molecule has 0 spiro atoms. The van der Waals surface area contributed by atoms with E-state index in [0.29, 0.717) is 24.5 Å². The topological polar surface area (TPSA) is 58.6 Å². The van der Waals surface area contributed by atoms with Crippen LogP contribution in [0.1, 0.15) is 49.2 Å². The Morgan fingerprint density at radius 1 is 1.47 bits per heavy atom. The van der Waals surface area contributed by atoms with Crippen molar-refractivity contribution in [3.8, 4) is 5.75 Å². The lowest BCUT2D eigenvalue weighted by Crippen LogP contribution is -2.25. The van der Waals surface area contributed by atoms with Gasteiger partial charge in [0, 0.05) is 0 Å². The summed E-state index contributed by atoms with van der Waals surface area (Å²) in [5.74, 6) is 0.441. The molecule has 0 saturated heterocycles. The maximum Gasteiger partial charge on any atom is 0.255 e. The monoisotopic (exact) mass is 263 g/mol. The van der Waals surface area contributed by atoms with Crippen LogP contribution in [0.25, 0.3) is 0 Å². The van der Waals surface area contributed by atoms with E-state index in [0.717, 1.165) is 12.0 Å². The number of hydrogen-bond donors (Lipinski definition) is 2. The highest BCUT2D eigenvalue weighted by atomic mass is 16.5. The van der Waals surface area contributed by atoms with Crippen molar-refractivity contribution >= 4 is 5.91 Å². The van der Waals surface area contributed by atoms with Crippen molar-refractivity contribution in [3.05, 3.63) is 29.3 Å². The Balaban J connectivity index is 2.37. The minimum Gasteiger partial charge on any atom is -0.491 e. The fraction of sp³-hybridized carbons (Fsp3) is 0.533. The van der Waals surface area contributed by atoms with Crippen LogP contribution >= 0.6 is 0 Å². The van der Waals surface area contributed by atoms with Crippen LogP contribution in [0.15, 0.2) is 18.2 Å². The summed E-state index contributed by atoms with van der Waals surface area (Å²) in [5, 5.41) is 13.2. The summed E-state index contributed by atoms with van der Waals surface area (Å²) >= 11 is 0. The van der Waals surface area contributed by atoms with E-state index >= 15 is 0 Å². The molecule has 1 aromatic rings. The average molecular weight is 263 g/mol. The molecule has 104 valence electrons. The Hall–Kier alpha value is -1.55. The molecule has 0 aliphatic carbocycles. The molecule has 1 amide bonds. The SMILES string of the molecule is CCC(C)(C)C(O)c1ccc2c(c1)C(=O)NCCO2. The number of ether oxygens (including phenoxy) is 1.